The molecule has 12 heteroatoms. The van der Waals surface area contributed by atoms with Crippen molar-refractivity contribution in [1.29, 1.82) is 0 Å². The van der Waals surface area contributed by atoms with Gasteiger partial charge in [0.2, 0.25) is 5.91 Å². The van der Waals surface area contributed by atoms with Crippen molar-refractivity contribution in [2.45, 2.75) is 44.2 Å². The van der Waals surface area contributed by atoms with Gasteiger partial charge in [0.25, 0.3) is 0 Å². The van der Waals surface area contributed by atoms with Crippen LogP contribution in [0.1, 0.15) is 32.6 Å². The number of piperidine rings is 2. The molecule has 4 aromatic rings. The topological polar surface area (TPSA) is 114 Å². The molecule has 0 bridgehead atoms. The van der Waals surface area contributed by atoms with Gasteiger partial charge in [-0.3, -0.25) is 4.79 Å². The second-order valence-electron chi connectivity index (χ2n) is 12.1. The molecule has 2 aromatic carbocycles. The Labute approximate surface area is 273 Å². The Morgan fingerprint density at radius 3 is 2.47 bits per heavy atom. The summed E-state index contributed by atoms with van der Waals surface area (Å²) in [6, 6.07) is 12.2. The smallest absolute Gasteiger partial charge is 0.245 e. The lowest BCUT2D eigenvalue weighted by atomic mass is 9.93. The first-order valence-electron chi connectivity index (χ1n) is 15.8. The van der Waals surface area contributed by atoms with E-state index in [-0.39, 0.29) is 23.2 Å². The van der Waals surface area contributed by atoms with Gasteiger partial charge in [0, 0.05) is 69.1 Å². The number of methoxy groups -OCH3 is 2. The number of pyridine rings is 1. The molecule has 2 fully saturated rings. The third-order valence-electron chi connectivity index (χ3n) is 9.08. The lowest BCUT2D eigenvalue weighted by molar-refractivity contribution is -0.126. The van der Waals surface area contributed by atoms with E-state index in [1.165, 1.54) is 18.5 Å². The molecule has 0 unspecified atom stereocenters. The number of hydrogen-bond acceptors (Lipinski definition) is 10. The number of ether oxygens (including phenoxy) is 3. The van der Waals surface area contributed by atoms with Crippen molar-refractivity contribution < 1.29 is 23.4 Å². The van der Waals surface area contributed by atoms with E-state index in [0.29, 0.717) is 47.1 Å². The number of halogens is 1. The molecule has 0 radical (unpaired) electrons. The fourth-order valence-electron chi connectivity index (χ4n) is 6.03. The monoisotopic (exact) mass is 641 g/mol. The standard InChI is InChI=1S/C35H40FN7O4/c1-5-33(44)43-14-9-23(10-15-43)40-30-20-26-29(21-31(30)45-3)38-22-39-34(26)41-28-7-6-24(18-27(28)36)47-25-8-13-37-32(19-25)42-16-11-35(2,46-4)12-17-42/h5-8,13,18-23,40H,1,9-12,14-17H2,2-4H3,(H,38,39,41). The SMILES string of the molecule is C=CC(=O)N1CCC(Nc2cc3c(Nc4ccc(Oc5ccnc(N6CCC(C)(OC)CC6)c5)cc4F)ncnc3cc2OC)CC1. The molecule has 0 atom stereocenters. The van der Waals surface area contributed by atoms with Crippen LogP contribution < -0.4 is 25.0 Å². The molecule has 0 saturated carbocycles. The summed E-state index contributed by atoms with van der Waals surface area (Å²) in [6.07, 6.45) is 7.85. The molecule has 2 saturated heterocycles. The molecule has 6 rings (SSSR count). The van der Waals surface area contributed by atoms with E-state index in [4.69, 9.17) is 14.2 Å². The van der Waals surface area contributed by atoms with Gasteiger partial charge in [-0.15, -0.1) is 0 Å². The average molecular weight is 642 g/mol. The zero-order chi connectivity index (χ0) is 33.0. The first-order chi connectivity index (χ1) is 22.8. The largest absolute Gasteiger partial charge is 0.495 e. The van der Waals surface area contributed by atoms with Crippen molar-refractivity contribution in [3.05, 3.63) is 73.5 Å². The van der Waals surface area contributed by atoms with Gasteiger partial charge in [-0.05, 0) is 62.9 Å². The molecule has 0 aliphatic carbocycles. The average Bonchev–Trinajstić information content (AvgIpc) is 3.10. The Balaban J connectivity index is 1.16. The van der Waals surface area contributed by atoms with E-state index in [2.05, 4.69) is 44.0 Å². The minimum atomic E-state index is -0.494. The number of carbonyl (C=O) groups excluding carboxylic acids is 1. The fraction of sp³-hybridized carbons (Fsp3) is 0.371. The van der Waals surface area contributed by atoms with Crippen molar-refractivity contribution >= 4 is 39.8 Å². The highest BCUT2D eigenvalue weighted by Gasteiger charge is 2.30. The van der Waals surface area contributed by atoms with Crippen LogP contribution in [0.25, 0.3) is 10.9 Å². The molecule has 2 aliphatic heterocycles. The maximum absolute atomic E-state index is 15.5. The van der Waals surface area contributed by atoms with Gasteiger partial charge in [0.1, 0.15) is 41.0 Å². The van der Waals surface area contributed by atoms with E-state index in [0.717, 1.165) is 50.3 Å². The van der Waals surface area contributed by atoms with Crippen LogP contribution in [0.4, 0.5) is 27.4 Å². The molecular weight excluding hydrogens is 601 g/mol. The zero-order valence-corrected chi connectivity index (χ0v) is 27.0. The van der Waals surface area contributed by atoms with E-state index < -0.39 is 5.82 Å². The van der Waals surface area contributed by atoms with Gasteiger partial charge in [-0.1, -0.05) is 6.58 Å². The molecule has 0 spiro atoms. The predicted octanol–water partition coefficient (Wildman–Crippen LogP) is 6.30. The molecule has 4 heterocycles. The lowest BCUT2D eigenvalue weighted by Gasteiger charge is -2.38. The van der Waals surface area contributed by atoms with E-state index in [9.17, 15) is 4.79 Å². The van der Waals surface area contributed by atoms with Crippen LogP contribution in [-0.2, 0) is 9.53 Å². The van der Waals surface area contributed by atoms with Crippen molar-refractivity contribution in [2.75, 3.05) is 55.9 Å². The fourth-order valence-corrected chi connectivity index (χ4v) is 6.03. The number of likely N-dealkylation sites (tertiary alicyclic amines) is 1. The summed E-state index contributed by atoms with van der Waals surface area (Å²) >= 11 is 0. The Kier molecular flexibility index (Phi) is 9.39. The zero-order valence-electron chi connectivity index (χ0n) is 27.0. The lowest BCUT2D eigenvalue weighted by Crippen LogP contribution is -2.44. The van der Waals surface area contributed by atoms with Crippen LogP contribution in [0.2, 0.25) is 0 Å². The van der Waals surface area contributed by atoms with Crippen LogP contribution in [-0.4, -0.2) is 77.8 Å². The van der Waals surface area contributed by atoms with Crippen molar-refractivity contribution in [3.8, 4) is 17.2 Å². The first kappa shape index (κ1) is 32.0. The highest BCUT2D eigenvalue weighted by molar-refractivity contribution is 5.95. The Morgan fingerprint density at radius 1 is 1.00 bits per heavy atom. The van der Waals surface area contributed by atoms with Crippen LogP contribution in [0.5, 0.6) is 17.2 Å². The number of nitrogens with one attached hydrogen (secondary N) is 2. The highest BCUT2D eigenvalue weighted by Crippen LogP contribution is 2.36. The third kappa shape index (κ3) is 7.22. The van der Waals surface area contributed by atoms with E-state index in [1.807, 2.05) is 18.2 Å². The number of fused-ring (bicyclic) bond motifs is 1. The van der Waals surface area contributed by atoms with Gasteiger partial charge in [-0.2, -0.15) is 0 Å². The Bertz CT molecular complexity index is 1750. The van der Waals surface area contributed by atoms with Gasteiger partial charge in [-0.25, -0.2) is 19.3 Å². The predicted molar refractivity (Wildman–Crippen MR) is 180 cm³/mol. The summed E-state index contributed by atoms with van der Waals surface area (Å²) in [5.41, 5.74) is 1.54. The second kappa shape index (κ2) is 13.8. The number of benzene rings is 2. The number of nitrogens with zero attached hydrogens (tertiary/aromatic N) is 5. The number of amides is 1. The Hall–Kier alpha value is -4.97. The summed E-state index contributed by atoms with van der Waals surface area (Å²) in [6.45, 7) is 8.66. The summed E-state index contributed by atoms with van der Waals surface area (Å²) in [5, 5.41) is 7.39. The van der Waals surface area contributed by atoms with Crippen molar-refractivity contribution in [2.24, 2.45) is 0 Å². The van der Waals surface area contributed by atoms with E-state index >= 15 is 4.39 Å². The van der Waals surface area contributed by atoms with E-state index in [1.54, 1.807) is 43.5 Å². The van der Waals surface area contributed by atoms with Crippen LogP contribution in [0.15, 0.2) is 67.6 Å². The van der Waals surface area contributed by atoms with Crippen molar-refractivity contribution in [3.63, 3.8) is 0 Å². The highest BCUT2D eigenvalue weighted by atomic mass is 19.1. The molecule has 2 N–H and O–H groups in total. The molecule has 2 aromatic heterocycles. The van der Waals surface area contributed by atoms with Gasteiger partial charge < -0.3 is 34.6 Å². The number of rotatable bonds is 10. The molecule has 47 heavy (non-hydrogen) atoms. The molecule has 1 amide bonds. The molecular formula is C35H40FN7O4. The summed E-state index contributed by atoms with van der Waals surface area (Å²) < 4.78 is 32.8. The first-order valence-corrected chi connectivity index (χ1v) is 15.8. The molecule has 11 nitrogen and oxygen atoms in total. The maximum Gasteiger partial charge on any atom is 0.245 e. The third-order valence-corrected chi connectivity index (χ3v) is 9.08. The molecule has 246 valence electrons. The second-order valence-corrected chi connectivity index (χ2v) is 12.1. The normalized spacial score (nSPS) is 16.5. The summed E-state index contributed by atoms with van der Waals surface area (Å²) in [7, 11) is 3.36. The maximum atomic E-state index is 15.5. The summed E-state index contributed by atoms with van der Waals surface area (Å²) in [5.74, 6) is 2.28. The van der Waals surface area contributed by atoms with Crippen LogP contribution in [0.3, 0.4) is 0 Å². The van der Waals surface area contributed by atoms with Crippen LogP contribution >= 0.6 is 0 Å². The number of hydrogen-bond donors (Lipinski definition) is 2. The Morgan fingerprint density at radius 2 is 1.77 bits per heavy atom. The minimum absolute atomic E-state index is 0.0540. The van der Waals surface area contributed by atoms with Crippen LogP contribution in [0, 0.1) is 5.82 Å². The summed E-state index contributed by atoms with van der Waals surface area (Å²) in [4.78, 5) is 29.4. The van der Waals surface area contributed by atoms with Gasteiger partial charge in [0.15, 0.2) is 0 Å². The van der Waals surface area contributed by atoms with Crippen molar-refractivity contribution in [1.82, 2.24) is 19.9 Å². The molecule has 2 aliphatic rings. The number of aromatic nitrogens is 3. The minimum Gasteiger partial charge on any atom is -0.495 e. The number of carbonyl (C=O) groups is 1. The quantitative estimate of drug-likeness (QED) is 0.191. The number of anilines is 4. The van der Waals surface area contributed by atoms with Gasteiger partial charge in [0.05, 0.1) is 29.6 Å². The van der Waals surface area contributed by atoms with Gasteiger partial charge >= 0.3 is 0 Å².